The van der Waals surface area contributed by atoms with Gasteiger partial charge in [0.25, 0.3) is 0 Å². The van der Waals surface area contributed by atoms with Crippen molar-refractivity contribution in [2.75, 3.05) is 0 Å². The van der Waals surface area contributed by atoms with Crippen molar-refractivity contribution in [2.24, 2.45) is 9.98 Å². The highest BCUT2D eigenvalue weighted by molar-refractivity contribution is 6.23. The predicted octanol–water partition coefficient (Wildman–Crippen LogP) is 19.4. The van der Waals surface area contributed by atoms with Crippen molar-refractivity contribution in [3.8, 4) is 55.9 Å². The highest BCUT2D eigenvalue weighted by atomic mass is 15.2. The summed E-state index contributed by atoms with van der Waals surface area (Å²) >= 11 is 0. The average molecular weight is 1060 g/mol. The molecule has 3 aliphatic rings. The van der Waals surface area contributed by atoms with Gasteiger partial charge in [-0.25, -0.2) is 9.98 Å². The Kier molecular flexibility index (Phi) is 11.4. The Balaban J connectivity index is 0.958. The summed E-state index contributed by atoms with van der Waals surface area (Å²) in [5, 5.41) is 8.88. The number of para-hydroxylation sites is 2. The average Bonchev–Trinajstić information content (AvgIpc) is 2.24. The zero-order chi connectivity index (χ0) is 55.2. The Morgan fingerprint density at radius 1 is 0.446 bits per heavy atom. The van der Waals surface area contributed by atoms with Crippen molar-refractivity contribution in [1.29, 1.82) is 0 Å². The minimum atomic E-state index is -0.540. The maximum absolute atomic E-state index is 5.74. The zero-order valence-corrected chi connectivity index (χ0v) is 46.3. The summed E-state index contributed by atoms with van der Waals surface area (Å²) in [6, 6.07) is 95.1. The first-order valence-corrected chi connectivity index (χ1v) is 29.0. The van der Waals surface area contributed by atoms with Crippen molar-refractivity contribution in [1.82, 2.24) is 14.5 Å². The number of hydrogen-bond donors (Lipinski definition) is 1. The first-order valence-electron chi connectivity index (χ1n) is 29.0. The van der Waals surface area contributed by atoms with Gasteiger partial charge < -0.3 is 14.5 Å². The van der Waals surface area contributed by atoms with Gasteiger partial charge in [0.1, 0.15) is 12.0 Å². The van der Waals surface area contributed by atoms with Crippen molar-refractivity contribution in [3.05, 3.63) is 306 Å². The van der Waals surface area contributed by atoms with Crippen LogP contribution in [0.3, 0.4) is 0 Å². The van der Waals surface area contributed by atoms with Crippen LogP contribution >= 0.6 is 0 Å². The molecule has 0 fully saturated rings. The molecule has 3 heterocycles. The largest absolute Gasteiger partial charge is 0.344 e. The lowest BCUT2D eigenvalue weighted by Crippen LogP contribution is -2.35. The van der Waals surface area contributed by atoms with Crippen LogP contribution in [0.25, 0.3) is 105 Å². The van der Waals surface area contributed by atoms with Crippen molar-refractivity contribution in [2.45, 2.75) is 38.3 Å². The summed E-state index contributed by atoms with van der Waals surface area (Å²) in [6.45, 7) is 4.75. The third-order valence-electron chi connectivity index (χ3n) is 17.7. The number of aliphatic imine (C=N–C) groups is 2. The molecule has 2 aromatic heterocycles. The third-order valence-corrected chi connectivity index (χ3v) is 17.7. The number of rotatable bonds is 9. The minimum absolute atomic E-state index is 0.144. The van der Waals surface area contributed by atoms with E-state index in [1.807, 2.05) is 0 Å². The lowest BCUT2D eigenvalue weighted by atomic mass is 9.80. The molecular weight excluding hydrogens is 1010 g/mol. The number of nitrogens with zero attached hydrogens (tertiary/aromatic N) is 4. The molecule has 11 aromatic carbocycles. The first kappa shape index (κ1) is 48.5. The van der Waals surface area contributed by atoms with E-state index >= 15 is 0 Å². The van der Waals surface area contributed by atoms with Gasteiger partial charge in [0.05, 0.1) is 27.8 Å². The molecule has 0 saturated carbocycles. The molecule has 83 heavy (non-hydrogen) atoms. The second-order valence-electron chi connectivity index (χ2n) is 22.8. The lowest BCUT2D eigenvalue weighted by molar-refractivity contribution is 0.650. The first-order chi connectivity index (χ1) is 40.9. The van der Waals surface area contributed by atoms with Gasteiger partial charge in [-0.1, -0.05) is 244 Å². The van der Waals surface area contributed by atoms with Crippen LogP contribution in [0.2, 0.25) is 0 Å². The van der Waals surface area contributed by atoms with Crippen LogP contribution in [0.15, 0.2) is 289 Å². The quantitative estimate of drug-likeness (QED) is 0.154. The van der Waals surface area contributed by atoms with E-state index in [4.69, 9.17) is 9.98 Å². The van der Waals surface area contributed by atoms with E-state index in [2.05, 4.69) is 301 Å². The molecule has 1 N–H and O–H groups in total. The molecule has 5 nitrogen and oxygen atoms in total. The van der Waals surface area contributed by atoms with Crippen molar-refractivity contribution in [3.63, 3.8) is 0 Å². The van der Waals surface area contributed by atoms with Gasteiger partial charge in [-0.2, -0.15) is 0 Å². The zero-order valence-electron chi connectivity index (χ0n) is 46.3. The fourth-order valence-electron chi connectivity index (χ4n) is 13.8. The minimum Gasteiger partial charge on any atom is -0.344 e. The van der Waals surface area contributed by atoms with Gasteiger partial charge in [0.15, 0.2) is 5.84 Å². The highest BCUT2D eigenvalue weighted by Gasteiger charge is 2.40. The van der Waals surface area contributed by atoms with Crippen LogP contribution < -0.4 is 5.32 Å². The van der Waals surface area contributed by atoms with Crippen LogP contribution in [0, 0.1) is 0 Å². The Bertz CT molecular complexity index is 4860. The third kappa shape index (κ3) is 7.91. The smallest absolute Gasteiger partial charge is 0.159 e. The van der Waals surface area contributed by atoms with E-state index < -0.39 is 6.17 Å². The molecule has 394 valence electrons. The summed E-state index contributed by atoms with van der Waals surface area (Å²) in [7, 11) is 0. The van der Waals surface area contributed by atoms with Crippen LogP contribution in [0.1, 0.15) is 60.7 Å². The Morgan fingerprint density at radius 3 is 1.67 bits per heavy atom. The standard InChI is InChI=1S/C78H57N5/c1-78(2)65-35-17-15-30-60(65)72-64(34-19-36-66(72)78)77-80-75(54-42-40-53(41-43-54)50-22-7-3-8-23-50)79-76(81-77)63-47-45-56(52-26-11-5-12-27-52)49-71(63)83-69-39-21-33-59(74(69)62-46-44-55(48-70(62)83)51-24-9-4-10-25-51)58-32-20-38-68-73(58)61-31-16-18-37-67(61)82(68)57-28-13-6-14-29-57/h3-14,16-29,31-49,76H,15,30H2,1-2H3,(H,79,80,81). The van der Waals surface area contributed by atoms with Gasteiger partial charge in [-0.3, -0.25) is 0 Å². The fourth-order valence-corrected chi connectivity index (χ4v) is 13.8. The van der Waals surface area contributed by atoms with E-state index in [0.29, 0.717) is 5.84 Å². The molecule has 16 rings (SSSR count). The Morgan fingerprint density at radius 2 is 0.976 bits per heavy atom. The molecule has 5 heteroatoms. The molecule has 1 atom stereocenters. The second-order valence-corrected chi connectivity index (χ2v) is 22.8. The van der Waals surface area contributed by atoms with Crippen LogP contribution in [-0.4, -0.2) is 20.8 Å². The number of allylic oxidation sites excluding steroid dienone is 4. The van der Waals surface area contributed by atoms with Crippen LogP contribution in [0.4, 0.5) is 0 Å². The van der Waals surface area contributed by atoms with Gasteiger partial charge in [0, 0.05) is 49.3 Å². The van der Waals surface area contributed by atoms with Gasteiger partial charge in [-0.05, 0) is 122 Å². The molecular formula is C78H57N5. The van der Waals surface area contributed by atoms with Crippen molar-refractivity contribution >= 4 is 60.9 Å². The van der Waals surface area contributed by atoms with E-state index in [9.17, 15) is 0 Å². The molecule has 13 aromatic rings. The summed E-state index contributed by atoms with van der Waals surface area (Å²) in [6.07, 6.45) is 6.18. The topological polar surface area (TPSA) is 46.6 Å². The van der Waals surface area contributed by atoms with E-state index in [-0.39, 0.29) is 5.41 Å². The second kappa shape index (κ2) is 19.4. The van der Waals surface area contributed by atoms with E-state index in [1.54, 1.807) is 0 Å². The summed E-state index contributed by atoms with van der Waals surface area (Å²) < 4.78 is 4.94. The normalized spacial score (nSPS) is 15.4. The molecule has 0 saturated heterocycles. The van der Waals surface area contributed by atoms with Gasteiger partial charge >= 0.3 is 0 Å². The molecule has 0 amide bonds. The SMILES string of the molecule is CC1(C)C2=C(CCC=C2)c2c(C3=NC(c4ccc(-c5ccccc5)cc4)=NC(c4ccc(-c5ccccc5)cc4-n4c5cc(-c6ccccc6)ccc5c5c(-c6cccc7c6c6ccccc6n7-c6ccccc6)cccc54)N3)cccc21. The predicted molar refractivity (Wildman–Crippen MR) is 347 cm³/mol. The van der Waals surface area contributed by atoms with Crippen LogP contribution in [-0.2, 0) is 5.41 Å². The number of benzene rings is 11. The van der Waals surface area contributed by atoms with E-state index in [0.717, 1.165) is 85.6 Å². The molecule has 1 unspecified atom stereocenters. The molecule has 0 spiro atoms. The van der Waals surface area contributed by atoms with Crippen molar-refractivity contribution < 1.29 is 0 Å². The number of nitrogens with one attached hydrogen (secondary N) is 1. The van der Waals surface area contributed by atoms with Gasteiger partial charge in [0.2, 0.25) is 0 Å². The molecule has 0 radical (unpaired) electrons. The number of aromatic nitrogens is 2. The Hall–Kier alpha value is -10.4. The van der Waals surface area contributed by atoms with Gasteiger partial charge in [-0.15, -0.1) is 0 Å². The van der Waals surface area contributed by atoms with E-state index in [1.165, 1.54) is 71.5 Å². The molecule has 0 bridgehead atoms. The summed E-state index contributed by atoms with van der Waals surface area (Å²) in [5.74, 6) is 1.51. The monoisotopic (exact) mass is 1060 g/mol. The maximum Gasteiger partial charge on any atom is 0.159 e. The number of amidine groups is 2. The molecule has 2 aliphatic carbocycles. The number of hydrogen-bond acceptors (Lipinski definition) is 3. The maximum atomic E-state index is 5.74. The number of fused-ring (bicyclic) bond motifs is 8. The highest BCUT2D eigenvalue weighted by Crippen LogP contribution is 2.52. The summed E-state index contributed by atoms with van der Waals surface area (Å²) in [5.41, 5.74) is 24.4. The lowest BCUT2D eigenvalue weighted by Gasteiger charge is -2.28. The fraction of sp³-hybridized carbons (Fsp3) is 0.0769. The summed E-state index contributed by atoms with van der Waals surface area (Å²) in [4.78, 5) is 11.3. The Labute approximate surface area is 483 Å². The molecule has 1 aliphatic heterocycles. The van der Waals surface area contributed by atoms with Crippen LogP contribution in [0.5, 0.6) is 0 Å².